The molecule has 24 heavy (non-hydrogen) atoms. The fourth-order valence-corrected chi connectivity index (χ4v) is 2.96. The zero-order chi connectivity index (χ0) is 16.8. The summed E-state index contributed by atoms with van der Waals surface area (Å²) in [6, 6.07) is 11.4. The first kappa shape index (κ1) is 16.6. The summed E-state index contributed by atoms with van der Waals surface area (Å²) < 4.78 is 5.32. The Labute approximate surface area is 142 Å². The van der Waals surface area contributed by atoms with Gasteiger partial charge in [0.15, 0.2) is 0 Å². The summed E-state index contributed by atoms with van der Waals surface area (Å²) in [5, 5.41) is 2.92. The molecule has 1 amide bonds. The van der Waals surface area contributed by atoms with Crippen LogP contribution in [0.15, 0.2) is 48.8 Å². The first-order valence-electron chi connectivity index (χ1n) is 8.34. The van der Waals surface area contributed by atoms with Crippen LogP contribution in [0.1, 0.15) is 24.0 Å². The van der Waals surface area contributed by atoms with Gasteiger partial charge in [-0.1, -0.05) is 12.1 Å². The molecule has 1 fully saturated rings. The van der Waals surface area contributed by atoms with E-state index >= 15 is 0 Å². The number of nitrogens with two attached hydrogens (primary N) is 1. The molecule has 3 rings (SSSR count). The summed E-state index contributed by atoms with van der Waals surface area (Å²) in [5.74, 6) is 0.0773. The van der Waals surface area contributed by atoms with Crippen molar-refractivity contribution in [3.8, 4) is 0 Å². The lowest BCUT2D eigenvalue weighted by atomic mass is 9.92. The topological polar surface area (TPSA) is 77.2 Å². The van der Waals surface area contributed by atoms with Crippen LogP contribution in [0.5, 0.6) is 0 Å². The number of ether oxygens (including phenoxy) is 1. The van der Waals surface area contributed by atoms with Gasteiger partial charge < -0.3 is 15.8 Å². The van der Waals surface area contributed by atoms with Crippen LogP contribution >= 0.6 is 0 Å². The Kier molecular flexibility index (Phi) is 5.56. The number of benzene rings is 1. The molecule has 126 valence electrons. The van der Waals surface area contributed by atoms with Gasteiger partial charge >= 0.3 is 0 Å². The molecule has 1 aromatic carbocycles. The second-order valence-corrected chi connectivity index (χ2v) is 6.19. The van der Waals surface area contributed by atoms with Crippen molar-refractivity contribution in [2.75, 3.05) is 18.5 Å². The Morgan fingerprint density at radius 2 is 1.75 bits per heavy atom. The molecule has 2 heterocycles. The Balaban J connectivity index is 1.56. The van der Waals surface area contributed by atoms with E-state index in [0.717, 1.165) is 24.9 Å². The number of carbonyl (C=O) groups excluding carboxylic acids is 1. The molecule has 0 bridgehead atoms. The highest BCUT2D eigenvalue weighted by atomic mass is 16.5. The number of anilines is 1. The second kappa shape index (κ2) is 8.04. The summed E-state index contributed by atoms with van der Waals surface area (Å²) >= 11 is 0. The van der Waals surface area contributed by atoms with Crippen LogP contribution in [0.25, 0.3) is 0 Å². The highest BCUT2D eigenvalue weighted by Gasteiger charge is 2.26. The molecule has 3 N–H and O–H groups in total. The predicted molar refractivity (Wildman–Crippen MR) is 93.6 cm³/mol. The standard InChI is InChI=1S/C19H23N3O2/c20-18(16-7-11-24-12-8-16)19(23)22-17-3-1-14(2-4-17)13-15-5-9-21-10-6-15/h1-6,9-10,16,18H,7-8,11-13,20H2,(H,22,23). The normalized spacial score (nSPS) is 16.5. The number of nitrogens with zero attached hydrogens (tertiary/aromatic N) is 1. The van der Waals surface area contributed by atoms with Crippen molar-refractivity contribution in [3.05, 3.63) is 59.9 Å². The van der Waals surface area contributed by atoms with Gasteiger partial charge in [0, 0.05) is 31.3 Å². The fraction of sp³-hybridized carbons (Fsp3) is 0.368. The van der Waals surface area contributed by atoms with Crippen molar-refractivity contribution in [2.45, 2.75) is 25.3 Å². The highest BCUT2D eigenvalue weighted by Crippen LogP contribution is 2.19. The third kappa shape index (κ3) is 4.40. The predicted octanol–water partition coefficient (Wildman–Crippen LogP) is 2.36. The molecule has 0 spiro atoms. The summed E-state index contributed by atoms with van der Waals surface area (Å²) in [7, 11) is 0. The quantitative estimate of drug-likeness (QED) is 0.885. The molecule has 1 aliphatic rings. The van der Waals surface area contributed by atoms with Gasteiger partial charge in [-0.25, -0.2) is 0 Å². The number of rotatable bonds is 5. The van der Waals surface area contributed by atoms with Crippen molar-refractivity contribution >= 4 is 11.6 Å². The van der Waals surface area contributed by atoms with E-state index < -0.39 is 6.04 Å². The molecule has 5 nitrogen and oxygen atoms in total. The minimum atomic E-state index is -0.481. The summed E-state index contributed by atoms with van der Waals surface area (Å²) in [4.78, 5) is 16.3. The van der Waals surface area contributed by atoms with Crippen molar-refractivity contribution in [3.63, 3.8) is 0 Å². The lowest BCUT2D eigenvalue weighted by molar-refractivity contribution is -0.119. The Morgan fingerprint density at radius 1 is 1.12 bits per heavy atom. The number of amides is 1. The van der Waals surface area contributed by atoms with E-state index in [-0.39, 0.29) is 11.8 Å². The maximum absolute atomic E-state index is 12.3. The van der Waals surface area contributed by atoms with Crippen LogP contribution in [-0.2, 0) is 16.0 Å². The van der Waals surface area contributed by atoms with E-state index in [1.54, 1.807) is 12.4 Å². The maximum Gasteiger partial charge on any atom is 0.241 e. The van der Waals surface area contributed by atoms with E-state index in [4.69, 9.17) is 10.5 Å². The number of aromatic nitrogens is 1. The summed E-state index contributed by atoms with van der Waals surface area (Å²) in [5.41, 5.74) is 9.28. The molecule has 0 saturated carbocycles. The van der Waals surface area contributed by atoms with Crippen LogP contribution in [0.3, 0.4) is 0 Å². The van der Waals surface area contributed by atoms with Gasteiger partial charge in [-0.2, -0.15) is 0 Å². The Morgan fingerprint density at radius 3 is 2.42 bits per heavy atom. The SMILES string of the molecule is NC(C(=O)Nc1ccc(Cc2ccncc2)cc1)C1CCOCC1. The van der Waals surface area contributed by atoms with Crippen LogP contribution in [-0.4, -0.2) is 30.1 Å². The van der Waals surface area contributed by atoms with Crippen LogP contribution in [0, 0.1) is 5.92 Å². The smallest absolute Gasteiger partial charge is 0.241 e. The summed E-state index contributed by atoms with van der Waals surface area (Å²) in [6.45, 7) is 1.38. The van der Waals surface area contributed by atoms with Crippen molar-refractivity contribution in [1.29, 1.82) is 0 Å². The molecular formula is C19H23N3O2. The minimum absolute atomic E-state index is 0.121. The van der Waals surface area contributed by atoms with E-state index in [1.165, 1.54) is 11.1 Å². The lowest BCUT2D eigenvalue weighted by Crippen LogP contribution is -2.43. The molecule has 0 radical (unpaired) electrons. The first-order chi connectivity index (χ1) is 11.7. The van der Waals surface area contributed by atoms with Gasteiger partial charge in [0.1, 0.15) is 0 Å². The zero-order valence-corrected chi connectivity index (χ0v) is 13.7. The molecule has 5 heteroatoms. The van der Waals surface area contributed by atoms with Gasteiger partial charge in [-0.3, -0.25) is 9.78 Å². The van der Waals surface area contributed by atoms with Crippen molar-refractivity contribution < 1.29 is 9.53 Å². The molecule has 1 atom stereocenters. The van der Waals surface area contributed by atoms with E-state index in [1.807, 2.05) is 36.4 Å². The Bertz CT molecular complexity index is 652. The van der Waals surface area contributed by atoms with Crippen molar-refractivity contribution in [2.24, 2.45) is 11.7 Å². The van der Waals surface area contributed by atoms with Crippen molar-refractivity contribution in [1.82, 2.24) is 4.98 Å². The second-order valence-electron chi connectivity index (χ2n) is 6.19. The maximum atomic E-state index is 12.3. The Hall–Kier alpha value is -2.24. The number of carbonyl (C=O) groups is 1. The van der Waals surface area contributed by atoms with E-state index in [9.17, 15) is 4.79 Å². The average molecular weight is 325 g/mol. The largest absolute Gasteiger partial charge is 0.381 e. The molecule has 1 aliphatic heterocycles. The molecule has 1 aromatic heterocycles. The first-order valence-corrected chi connectivity index (χ1v) is 8.34. The minimum Gasteiger partial charge on any atom is -0.381 e. The number of pyridine rings is 1. The molecule has 1 saturated heterocycles. The third-order valence-electron chi connectivity index (χ3n) is 4.46. The molecule has 2 aromatic rings. The summed E-state index contributed by atoms with van der Waals surface area (Å²) in [6.07, 6.45) is 6.13. The molecule has 1 unspecified atom stereocenters. The van der Waals surface area contributed by atoms with Gasteiger partial charge in [0.2, 0.25) is 5.91 Å². The highest BCUT2D eigenvalue weighted by molar-refractivity contribution is 5.94. The zero-order valence-electron chi connectivity index (χ0n) is 13.7. The van der Waals surface area contributed by atoms with Gasteiger partial charge in [-0.15, -0.1) is 0 Å². The number of hydrogen-bond acceptors (Lipinski definition) is 4. The van der Waals surface area contributed by atoms with Crippen LogP contribution < -0.4 is 11.1 Å². The lowest BCUT2D eigenvalue weighted by Gasteiger charge is -2.26. The van der Waals surface area contributed by atoms with Crippen LogP contribution in [0.2, 0.25) is 0 Å². The number of nitrogens with one attached hydrogen (secondary N) is 1. The molecular weight excluding hydrogens is 302 g/mol. The molecule has 0 aliphatic carbocycles. The van der Waals surface area contributed by atoms with Gasteiger partial charge in [0.25, 0.3) is 0 Å². The van der Waals surface area contributed by atoms with E-state index in [2.05, 4.69) is 10.3 Å². The van der Waals surface area contributed by atoms with Gasteiger partial charge in [-0.05, 0) is 60.6 Å². The number of hydrogen-bond donors (Lipinski definition) is 2. The third-order valence-corrected chi connectivity index (χ3v) is 4.46. The van der Waals surface area contributed by atoms with Gasteiger partial charge in [0.05, 0.1) is 6.04 Å². The fourth-order valence-electron chi connectivity index (χ4n) is 2.96. The average Bonchev–Trinajstić information content (AvgIpc) is 2.64. The van der Waals surface area contributed by atoms with Crippen LogP contribution in [0.4, 0.5) is 5.69 Å². The van der Waals surface area contributed by atoms with E-state index in [0.29, 0.717) is 13.2 Å². The monoisotopic (exact) mass is 325 g/mol.